The summed E-state index contributed by atoms with van der Waals surface area (Å²) < 4.78 is 64.7. The Labute approximate surface area is 385 Å². The van der Waals surface area contributed by atoms with Crippen molar-refractivity contribution in [1.29, 1.82) is 0 Å². The molecule has 0 spiro atoms. The van der Waals surface area contributed by atoms with Crippen LogP contribution in [-0.4, -0.2) is 93.3 Å². The van der Waals surface area contributed by atoms with Gasteiger partial charge in [-0.1, -0.05) is 140 Å². The van der Waals surface area contributed by atoms with Crippen molar-refractivity contribution in [3.8, 4) is 0 Å². The maximum Gasteiger partial charge on any atom is 0.303 e. The summed E-state index contributed by atoms with van der Waals surface area (Å²) in [5, 5.41) is 0. The van der Waals surface area contributed by atoms with E-state index in [-0.39, 0.29) is 39.0 Å². The molecule has 0 amide bonds. The number of esters is 2. The molecule has 344 valence electrons. The lowest BCUT2D eigenvalue weighted by Crippen LogP contribution is -2.63. The number of thioether (sulfide) groups is 1. The molecule has 65 heavy (non-hydrogen) atoms. The lowest BCUT2D eigenvalue weighted by Gasteiger charge is -2.48. The minimum Gasteiger partial charge on any atom is -0.458 e. The monoisotopic (exact) mass is 906 g/mol. The highest BCUT2D eigenvalue weighted by molar-refractivity contribution is 7.99. The van der Waals surface area contributed by atoms with E-state index in [1.807, 2.05) is 140 Å². The van der Waals surface area contributed by atoms with Crippen LogP contribution >= 0.6 is 11.8 Å². The first kappa shape index (κ1) is 48.0. The van der Waals surface area contributed by atoms with Crippen molar-refractivity contribution in [1.82, 2.24) is 0 Å². The number of benzene rings is 5. The maximum absolute atomic E-state index is 12.7. The maximum atomic E-state index is 12.7. The Morgan fingerprint density at radius 2 is 1.12 bits per heavy atom. The van der Waals surface area contributed by atoms with Crippen molar-refractivity contribution in [2.75, 3.05) is 26.1 Å². The van der Waals surface area contributed by atoms with Gasteiger partial charge in [0.15, 0.2) is 18.7 Å². The lowest BCUT2D eigenvalue weighted by molar-refractivity contribution is -0.353. The van der Waals surface area contributed by atoms with Gasteiger partial charge >= 0.3 is 11.9 Å². The molecule has 0 aromatic heterocycles. The van der Waals surface area contributed by atoms with Gasteiger partial charge in [-0.05, 0) is 34.4 Å². The van der Waals surface area contributed by atoms with Gasteiger partial charge in [-0.3, -0.25) is 9.59 Å². The molecule has 2 aliphatic heterocycles. The van der Waals surface area contributed by atoms with Crippen LogP contribution in [0.25, 0.3) is 0 Å². The van der Waals surface area contributed by atoms with Crippen LogP contribution in [0.5, 0.6) is 0 Å². The van der Waals surface area contributed by atoms with E-state index in [9.17, 15) is 9.59 Å². The third-order valence-electron chi connectivity index (χ3n) is 11.0. The minimum absolute atomic E-state index is 0.0166. The topological polar surface area (TPSA) is 126 Å². The highest BCUT2D eigenvalue weighted by atomic mass is 32.2. The smallest absolute Gasteiger partial charge is 0.303 e. The van der Waals surface area contributed by atoms with E-state index in [0.29, 0.717) is 12.4 Å². The molecule has 0 bridgehead atoms. The average molecular weight is 907 g/mol. The summed E-state index contributed by atoms with van der Waals surface area (Å²) in [5.41, 5.74) is 3.84. The molecule has 10 atom stereocenters. The molecule has 5 aromatic carbocycles. The second-order valence-electron chi connectivity index (χ2n) is 15.8. The van der Waals surface area contributed by atoms with Gasteiger partial charge in [0.2, 0.25) is 0 Å². The van der Waals surface area contributed by atoms with Crippen molar-refractivity contribution in [3.63, 3.8) is 0 Å². The summed E-state index contributed by atoms with van der Waals surface area (Å²) in [6.07, 6.45) is -8.35. The van der Waals surface area contributed by atoms with E-state index in [1.54, 1.807) is 18.9 Å². The summed E-state index contributed by atoms with van der Waals surface area (Å²) in [6, 6.07) is 49.5. The fraction of sp³-hybridized carbons (Fsp3) is 0.385. The first-order valence-electron chi connectivity index (χ1n) is 21.9. The van der Waals surface area contributed by atoms with Gasteiger partial charge in [0.1, 0.15) is 36.6 Å². The lowest BCUT2D eigenvalue weighted by atomic mass is 9.97. The van der Waals surface area contributed by atoms with Gasteiger partial charge in [0, 0.05) is 38.0 Å². The number of hydrogen-bond donors (Lipinski definition) is 0. The highest BCUT2D eigenvalue weighted by Gasteiger charge is 2.52. The first-order valence-corrected chi connectivity index (χ1v) is 22.9. The zero-order valence-corrected chi connectivity index (χ0v) is 37.8. The summed E-state index contributed by atoms with van der Waals surface area (Å²) in [7, 11) is 1.57. The molecule has 12 nitrogen and oxygen atoms in total. The van der Waals surface area contributed by atoms with Crippen LogP contribution in [0.2, 0.25) is 0 Å². The second kappa shape index (κ2) is 25.1. The van der Waals surface area contributed by atoms with E-state index >= 15 is 0 Å². The van der Waals surface area contributed by atoms with Crippen LogP contribution in [0.4, 0.5) is 0 Å². The van der Waals surface area contributed by atoms with Crippen LogP contribution in [0.3, 0.4) is 0 Å². The zero-order valence-electron chi connectivity index (χ0n) is 37.0. The number of hydrogen-bond acceptors (Lipinski definition) is 13. The Morgan fingerprint density at radius 1 is 0.600 bits per heavy atom. The number of rotatable bonds is 22. The molecule has 0 N–H and O–H groups in total. The summed E-state index contributed by atoms with van der Waals surface area (Å²) in [5.74, 6) is -0.528. The fourth-order valence-electron chi connectivity index (χ4n) is 7.90. The number of carbonyl (C=O) groups excluding carboxylic acids is 2. The van der Waals surface area contributed by atoms with Crippen molar-refractivity contribution in [2.45, 2.75) is 106 Å². The Kier molecular flexibility index (Phi) is 18.5. The zero-order chi connectivity index (χ0) is 45.2. The van der Waals surface area contributed by atoms with E-state index < -0.39 is 67.2 Å². The van der Waals surface area contributed by atoms with Gasteiger partial charge in [0.05, 0.1) is 39.1 Å². The standard InChI is InChI=1S/C52H58O12S/c1-36(53)60-43-29-47(62-45(48(43)61-37(2)54)34-57-46(41-25-15-7-16-26-41)35-65-42-27-17-8-18-28-42)64-49-44(33-56-30-38-19-9-4-10-20-38)63-52(55-3)51(59-32-40-23-13-6-14-24-40)50(49)58-31-39-21-11-5-12-22-39/h4-28,43-52H,29-35H2,1-3H3/t43-,44-,45-,46-,47-,48+,49-,50+,51-,52+/m1/s1. The van der Waals surface area contributed by atoms with E-state index in [2.05, 4.69) is 12.1 Å². The third kappa shape index (κ3) is 14.5. The summed E-state index contributed by atoms with van der Waals surface area (Å²) in [4.78, 5) is 26.5. The second-order valence-corrected chi connectivity index (χ2v) is 16.9. The molecule has 0 unspecified atom stereocenters. The molecule has 2 fully saturated rings. The normalized spacial score (nSPS) is 24.8. The van der Waals surface area contributed by atoms with E-state index in [0.717, 1.165) is 27.1 Å². The van der Waals surface area contributed by atoms with Crippen LogP contribution in [0, 0.1) is 0 Å². The fourth-order valence-corrected chi connectivity index (χ4v) is 8.88. The predicted molar refractivity (Wildman–Crippen MR) is 243 cm³/mol. The SMILES string of the molecule is CO[C@H]1O[C@H](COCc2ccccc2)[C@@H](O[C@@H]2C[C@@H](OC(C)=O)[C@H](OC(C)=O)[C@@H](CO[C@H](CSc3ccccc3)c3ccccc3)O2)[C@H](OCc2ccccc2)[C@H]1OCc1ccccc1. The molecular weight excluding hydrogens is 849 g/mol. The number of ether oxygens (including phenoxy) is 10. The van der Waals surface area contributed by atoms with Crippen molar-refractivity contribution >= 4 is 23.7 Å². The Bertz CT molecular complexity index is 2130. The van der Waals surface area contributed by atoms with Crippen molar-refractivity contribution in [3.05, 3.63) is 174 Å². The Hall–Kier alpha value is -4.93. The molecule has 7 rings (SSSR count). The first-order chi connectivity index (χ1) is 31.8. The molecule has 2 saturated heterocycles. The van der Waals surface area contributed by atoms with Gasteiger partial charge in [-0.2, -0.15) is 0 Å². The predicted octanol–water partition coefficient (Wildman–Crippen LogP) is 8.66. The molecular formula is C52H58O12S. The van der Waals surface area contributed by atoms with Gasteiger partial charge in [-0.25, -0.2) is 0 Å². The molecule has 0 radical (unpaired) electrons. The molecule has 2 heterocycles. The molecule has 0 aliphatic carbocycles. The molecule has 0 saturated carbocycles. The summed E-state index contributed by atoms with van der Waals surface area (Å²) >= 11 is 1.66. The van der Waals surface area contributed by atoms with Crippen LogP contribution in [-0.2, 0) is 76.8 Å². The van der Waals surface area contributed by atoms with Crippen LogP contribution in [0.15, 0.2) is 157 Å². The molecule has 13 heteroatoms. The van der Waals surface area contributed by atoms with Gasteiger partial charge in [0.25, 0.3) is 0 Å². The van der Waals surface area contributed by atoms with Gasteiger partial charge in [-0.15, -0.1) is 11.8 Å². The number of methoxy groups -OCH3 is 1. The summed E-state index contributed by atoms with van der Waals surface area (Å²) in [6.45, 7) is 3.47. The Balaban J connectivity index is 1.19. The highest BCUT2D eigenvalue weighted by Crippen LogP contribution is 2.36. The number of carbonyl (C=O) groups is 2. The van der Waals surface area contributed by atoms with Gasteiger partial charge < -0.3 is 47.4 Å². The van der Waals surface area contributed by atoms with Crippen LogP contribution in [0.1, 0.15) is 48.6 Å². The quantitative estimate of drug-likeness (QED) is 0.0486. The van der Waals surface area contributed by atoms with E-state index in [1.165, 1.54) is 13.8 Å². The molecule has 2 aliphatic rings. The Morgan fingerprint density at radius 3 is 1.69 bits per heavy atom. The third-order valence-corrected chi connectivity index (χ3v) is 12.1. The molecule has 5 aromatic rings. The van der Waals surface area contributed by atoms with Crippen LogP contribution < -0.4 is 0 Å². The largest absolute Gasteiger partial charge is 0.458 e. The average Bonchev–Trinajstić information content (AvgIpc) is 3.33. The minimum atomic E-state index is -1.03. The van der Waals surface area contributed by atoms with E-state index in [4.69, 9.17) is 47.4 Å². The van der Waals surface area contributed by atoms with Crippen molar-refractivity contribution in [2.24, 2.45) is 0 Å². The van der Waals surface area contributed by atoms with Crippen molar-refractivity contribution < 1.29 is 57.0 Å².